The molecule has 7 nitrogen and oxygen atoms in total. The fourth-order valence-corrected chi connectivity index (χ4v) is 4.19. The van der Waals surface area contributed by atoms with Crippen LogP contribution < -0.4 is 14.8 Å². The number of nitrogens with zero attached hydrogens (tertiary/aromatic N) is 4. The van der Waals surface area contributed by atoms with Crippen LogP contribution in [0.3, 0.4) is 0 Å². The minimum atomic E-state index is 0.588. The molecule has 2 aliphatic heterocycles. The summed E-state index contributed by atoms with van der Waals surface area (Å²) in [5, 5.41) is 3.49. The molecule has 1 unspecified atom stereocenters. The Kier molecular flexibility index (Phi) is 8.00. The predicted molar refractivity (Wildman–Crippen MR) is 118 cm³/mol. The van der Waals surface area contributed by atoms with Crippen LogP contribution >= 0.6 is 0 Å². The molecule has 0 aliphatic carbocycles. The molecule has 0 radical (unpaired) electrons. The first-order chi connectivity index (χ1) is 14.1. The number of piperazine rings is 1. The van der Waals surface area contributed by atoms with E-state index in [2.05, 4.69) is 40.1 Å². The van der Waals surface area contributed by atoms with Gasteiger partial charge in [-0.3, -0.25) is 9.89 Å². The number of hydrogen-bond donors (Lipinski definition) is 1. The molecule has 2 heterocycles. The standard InChI is InChI=1S/C22H37N5O2/c1-5-23-22(24-16-19-7-6-10-25(19)2)27-13-11-26(12-14-27)17-18-15-20(28-3)8-9-21(18)29-4/h8-9,15,19H,5-7,10-14,16-17H2,1-4H3,(H,23,24). The van der Waals surface area contributed by atoms with Gasteiger partial charge in [0.2, 0.25) is 0 Å². The third-order valence-corrected chi connectivity index (χ3v) is 6.01. The second-order valence-corrected chi connectivity index (χ2v) is 7.91. The number of nitrogens with one attached hydrogen (secondary N) is 1. The third-order valence-electron chi connectivity index (χ3n) is 6.01. The summed E-state index contributed by atoms with van der Waals surface area (Å²) >= 11 is 0. The Hall–Kier alpha value is -1.99. The average molecular weight is 404 g/mol. The Labute approximate surface area is 175 Å². The van der Waals surface area contributed by atoms with Gasteiger partial charge in [-0.15, -0.1) is 0 Å². The number of benzene rings is 1. The minimum absolute atomic E-state index is 0.588. The minimum Gasteiger partial charge on any atom is -0.497 e. The smallest absolute Gasteiger partial charge is 0.194 e. The van der Waals surface area contributed by atoms with Gasteiger partial charge in [-0.1, -0.05) is 0 Å². The molecule has 0 bridgehead atoms. The van der Waals surface area contributed by atoms with Gasteiger partial charge in [-0.05, 0) is 51.6 Å². The summed E-state index contributed by atoms with van der Waals surface area (Å²) in [5.74, 6) is 2.85. The van der Waals surface area contributed by atoms with Crippen molar-refractivity contribution in [3.05, 3.63) is 23.8 Å². The number of ether oxygens (including phenoxy) is 2. The molecular formula is C22H37N5O2. The Bertz CT molecular complexity index is 673. The summed E-state index contributed by atoms with van der Waals surface area (Å²) in [4.78, 5) is 12.3. The molecule has 1 atom stereocenters. The van der Waals surface area contributed by atoms with Crippen LogP contribution in [0.25, 0.3) is 0 Å². The fraction of sp³-hybridized carbons (Fsp3) is 0.682. The molecule has 0 amide bonds. The van der Waals surface area contributed by atoms with Crippen LogP contribution in [0.15, 0.2) is 23.2 Å². The summed E-state index contributed by atoms with van der Waals surface area (Å²) in [7, 11) is 5.64. The van der Waals surface area contributed by atoms with E-state index in [9.17, 15) is 0 Å². The first-order valence-electron chi connectivity index (χ1n) is 10.8. The Morgan fingerprint density at radius 1 is 1.14 bits per heavy atom. The molecule has 1 N–H and O–H groups in total. The molecule has 3 rings (SSSR count). The number of likely N-dealkylation sites (N-methyl/N-ethyl adjacent to an activating group) is 1. The zero-order valence-electron chi connectivity index (χ0n) is 18.5. The van der Waals surface area contributed by atoms with Crippen molar-refractivity contribution in [3.63, 3.8) is 0 Å². The van der Waals surface area contributed by atoms with E-state index in [0.717, 1.165) is 63.3 Å². The molecule has 2 saturated heterocycles. The first-order valence-corrected chi connectivity index (χ1v) is 10.8. The highest BCUT2D eigenvalue weighted by Crippen LogP contribution is 2.25. The van der Waals surface area contributed by atoms with E-state index in [1.54, 1.807) is 14.2 Å². The van der Waals surface area contributed by atoms with E-state index in [0.29, 0.717) is 6.04 Å². The molecule has 29 heavy (non-hydrogen) atoms. The molecule has 2 aliphatic rings. The Morgan fingerprint density at radius 2 is 1.93 bits per heavy atom. The molecule has 0 saturated carbocycles. The highest BCUT2D eigenvalue weighted by molar-refractivity contribution is 5.80. The van der Waals surface area contributed by atoms with Gasteiger partial charge in [-0.2, -0.15) is 0 Å². The molecule has 0 aromatic heterocycles. The van der Waals surface area contributed by atoms with Gasteiger partial charge in [0, 0.05) is 50.9 Å². The van der Waals surface area contributed by atoms with Crippen LogP contribution in [0.1, 0.15) is 25.3 Å². The van der Waals surface area contributed by atoms with Gasteiger partial charge < -0.3 is 24.6 Å². The fourth-order valence-electron chi connectivity index (χ4n) is 4.19. The topological polar surface area (TPSA) is 52.6 Å². The third kappa shape index (κ3) is 5.76. The number of likely N-dealkylation sites (tertiary alicyclic amines) is 1. The van der Waals surface area contributed by atoms with E-state index in [-0.39, 0.29) is 0 Å². The summed E-state index contributed by atoms with van der Waals surface area (Å²) in [5.41, 5.74) is 1.17. The average Bonchev–Trinajstić information content (AvgIpc) is 3.16. The molecular weight excluding hydrogens is 366 g/mol. The van der Waals surface area contributed by atoms with Crippen molar-refractivity contribution in [1.82, 2.24) is 20.0 Å². The summed E-state index contributed by atoms with van der Waals surface area (Å²) in [6.07, 6.45) is 2.55. The van der Waals surface area contributed by atoms with Crippen LogP contribution in [0.5, 0.6) is 11.5 Å². The maximum Gasteiger partial charge on any atom is 0.194 e. The zero-order chi connectivity index (χ0) is 20.6. The van der Waals surface area contributed by atoms with Crippen molar-refractivity contribution in [2.75, 3.05) is 67.1 Å². The van der Waals surface area contributed by atoms with E-state index >= 15 is 0 Å². The lowest BCUT2D eigenvalue weighted by Crippen LogP contribution is -2.52. The van der Waals surface area contributed by atoms with Crippen LogP contribution in [-0.2, 0) is 6.54 Å². The Balaban J connectivity index is 1.57. The maximum atomic E-state index is 5.54. The maximum absolute atomic E-state index is 5.54. The van der Waals surface area contributed by atoms with E-state index in [1.807, 2.05) is 12.1 Å². The highest BCUT2D eigenvalue weighted by atomic mass is 16.5. The molecule has 0 spiro atoms. The first kappa shape index (κ1) is 21.7. The Morgan fingerprint density at radius 3 is 2.55 bits per heavy atom. The highest BCUT2D eigenvalue weighted by Gasteiger charge is 2.23. The number of aliphatic imine (C=N–C) groups is 1. The molecule has 1 aromatic rings. The lowest BCUT2D eigenvalue weighted by molar-refractivity contribution is 0.170. The largest absolute Gasteiger partial charge is 0.497 e. The van der Waals surface area contributed by atoms with Crippen molar-refractivity contribution in [2.45, 2.75) is 32.4 Å². The van der Waals surface area contributed by atoms with Gasteiger partial charge in [0.05, 0.1) is 20.8 Å². The monoisotopic (exact) mass is 403 g/mol. The second-order valence-electron chi connectivity index (χ2n) is 7.91. The van der Waals surface area contributed by atoms with E-state index in [4.69, 9.17) is 14.5 Å². The predicted octanol–water partition coefficient (Wildman–Crippen LogP) is 1.88. The van der Waals surface area contributed by atoms with Crippen molar-refractivity contribution in [2.24, 2.45) is 4.99 Å². The lowest BCUT2D eigenvalue weighted by Gasteiger charge is -2.37. The van der Waals surface area contributed by atoms with Crippen LogP contribution in [0, 0.1) is 0 Å². The molecule has 7 heteroatoms. The number of guanidine groups is 1. The number of rotatable bonds is 7. The van der Waals surface area contributed by atoms with Crippen LogP contribution in [-0.4, -0.2) is 93.8 Å². The van der Waals surface area contributed by atoms with Gasteiger partial charge in [0.1, 0.15) is 11.5 Å². The number of methoxy groups -OCH3 is 2. The molecule has 162 valence electrons. The van der Waals surface area contributed by atoms with Crippen LogP contribution in [0.2, 0.25) is 0 Å². The SMILES string of the molecule is CCNC(=NCC1CCCN1C)N1CCN(Cc2cc(OC)ccc2OC)CC1. The summed E-state index contributed by atoms with van der Waals surface area (Å²) in [6.45, 7) is 9.99. The van der Waals surface area contributed by atoms with Crippen molar-refractivity contribution >= 4 is 5.96 Å². The molecule has 1 aromatic carbocycles. The second kappa shape index (κ2) is 10.7. The van der Waals surface area contributed by atoms with E-state index in [1.165, 1.54) is 24.9 Å². The summed E-state index contributed by atoms with van der Waals surface area (Å²) < 4.78 is 10.9. The van der Waals surface area contributed by atoms with Crippen molar-refractivity contribution < 1.29 is 9.47 Å². The van der Waals surface area contributed by atoms with Gasteiger partial charge in [0.25, 0.3) is 0 Å². The normalized spacial score (nSPS) is 21.4. The van der Waals surface area contributed by atoms with E-state index < -0.39 is 0 Å². The van der Waals surface area contributed by atoms with Gasteiger partial charge >= 0.3 is 0 Å². The van der Waals surface area contributed by atoms with Crippen LogP contribution in [0.4, 0.5) is 0 Å². The van der Waals surface area contributed by atoms with Gasteiger partial charge in [-0.25, -0.2) is 0 Å². The molecule has 2 fully saturated rings. The quantitative estimate of drug-likeness (QED) is 0.554. The number of hydrogen-bond acceptors (Lipinski definition) is 5. The summed E-state index contributed by atoms with van der Waals surface area (Å²) in [6, 6.07) is 6.60. The van der Waals surface area contributed by atoms with Gasteiger partial charge in [0.15, 0.2) is 5.96 Å². The van der Waals surface area contributed by atoms with Crippen molar-refractivity contribution in [3.8, 4) is 11.5 Å². The lowest BCUT2D eigenvalue weighted by atomic mass is 10.1. The zero-order valence-corrected chi connectivity index (χ0v) is 18.5. The van der Waals surface area contributed by atoms with Crippen molar-refractivity contribution in [1.29, 1.82) is 0 Å².